The SMILES string of the molecule is COC(=O)c1csc(-c2ccc(Br)cc2C)n1. The summed E-state index contributed by atoms with van der Waals surface area (Å²) >= 11 is 4.86. The van der Waals surface area contributed by atoms with Crippen molar-refractivity contribution in [3.8, 4) is 10.6 Å². The Kier molecular flexibility index (Phi) is 3.59. The number of benzene rings is 1. The van der Waals surface area contributed by atoms with E-state index in [2.05, 4.69) is 25.7 Å². The summed E-state index contributed by atoms with van der Waals surface area (Å²) < 4.78 is 5.66. The van der Waals surface area contributed by atoms with Crippen molar-refractivity contribution in [3.05, 3.63) is 39.3 Å². The number of esters is 1. The van der Waals surface area contributed by atoms with Gasteiger partial charge in [-0.3, -0.25) is 0 Å². The maximum absolute atomic E-state index is 11.3. The van der Waals surface area contributed by atoms with Crippen molar-refractivity contribution in [2.75, 3.05) is 7.11 Å². The summed E-state index contributed by atoms with van der Waals surface area (Å²) in [5, 5.41) is 2.54. The number of hydrogen-bond donors (Lipinski definition) is 0. The largest absolute Gasteiger partial charge is 0.464 e. The molecule has 2 rings (SSSR count). The molecule has 0 atom stereocenters. The van der Waals surface area contributed by atoms with E-state index in [1.165, 1.54) is 18.4 Å². The predicted molar refractivity (Wildman–Crippen MR) is 71.3 cm³/mol. The number of ether oxygens (including phenoxy) is 1. The number of halogens is 1. The monoisotopic (exact) mass is 311 g/mol. The van der Waals surface area contributed by atoms with Crippen LogP contribution in [0.3, 0.4) is 0 Å². The lowest BCUT2D eigenvalue weighted by molar-refractivity contribution is 0.0595. The third kappa shape index (κ3) is 2.56. The smallest absolute Gasteiger partial charge is 0.357 e. The Morgan fingerprint density at radius 1 is 1.47 bits per heavy atom. The molecule has 1 aromatic carbocycles. The Balaban J connectivity index is 2.40. The van der Waals surface area contributed by atoms with Crippen molar-refractivity contribution >= 4 is 33.2 Å². The Bertz CT molecular complexity index is 565. The zero-order valence-corrected chi connectivity index (χ0v) is 11.8. The first-order valence-corrected chi connectivity index (χ1v) is 6.59. The summed E-state index contributed by atoms with van der Waals surface area (Å²) in [5.41, 5.74) is 2.51. The van der Waals surface area contributed by atoms with Gasteiger partial charge < -0.3 is 4.74 Å². The zero-order valence-electron chi connectivity index (χ0n) is 9.36. The first kappa shape index (κ1) is 12.3. The van der Waals surface area contributed by atoms with Crippen LogP contribution in [0.4, 0.5) is 0 Å². The molecule has 0 aliphatic heterocycles. The topological polar surface area (TPSA) is 39.2 Å². The lowest BCUT2D eigenvalue weighted by atomic mass is 10.1. The number of carbonyl (C=O) groups excluding carboxylic acids is 1. The van der Waals surface area contributed by atoms with E-state index >= 15 is 0 Å². The second-order valence-corrected chi connectivity index (χ2v) is 5.26. The van der Waals surface area contributed by atoms with E-state index in [0.29, 0.717) is 5.69 Å². The standard InChI is InChI=1S/C12H10BrNO2S/c1-7-5-8(13)3-4-9(7)11-14-10(6-17-11)12(15)16-2/h3-6H,1-2H3. The minimum Gasteiger partial charge on any atom is -0.464 e. The second kappa shape index (κ2) is 4.98. The number of hydrogen-bond acceptors (Lipinski definition) is 4. The highest BCUT2D eigenvalue weighted by atomic mass is 79.9. The molecule has 3 nitrogen and oxygen atoms in total. The van der Waals surface area contributed by atoms with Crippen molar-refractivity contribution in [1.82, 2.24) is 4.98 Å². The van der Waals surface area contributed by atoms with E-state index in [1.54, 1.807) is 5.38 Å². The Morgan fingerprint density at radius 3 is 2.88 bits per heavy atom. The molecule has 0 fully saturated rings. The first-order valence-electron chi connectivity index (χ1n) is 4.92. The molecule has 17 heavy (non-hydrogen) atoms. The van der Waals surface area contributed by atoms with Crippen LogP contribution in [0, 0.1) is 6.92 Å². The average Bonchev–Trinajstić information content (AvgIpc) is 2.77. The average molecular weight is 312 g/mol. The molecule has 1 heterocycles. The second-order valence-electron chi connectivity index (χ2n) is 3.49. The summed E-state index contributed by atoms with van der Waals surface area (Å²) in [4.78, 5) is 15.6. The van der Waals surface area contributed by atoms with Gasteiger partial charge in [0.2, 0.25) is 0 Å². The van der Waals surface area contributed by atoms with Crippen molar-refractivity contribution in [2.45, 2.75) is 6.92 Å². The van der Waals surface area contributed by atoms with Crippen LogP contribution in [0.5, 0.6) is 0 Å². The number of aryl methyl sites for hydroxylation is 1. The molecule has 88 valence electrons. The number of rotatable bonds is 2. The van der Waals surface area contributed by atoms with Crippen molar-refractivity contribution < 1.29 is 9.53 Å². The van der Waals surface area contributed by atoms with Gasteiger partial charge in [-0.15, -0.1) is 11.3 Å². The van der Waals surface area contributed by atoms with Crippen molar-refractivity contribution in [1.29, 1.82) is 0 Å². The normalized spacial score (nSPS) is 10.3. The fourth-order valence-corrected chi connectivity index (χ4v) is 2.82. The summed E-state index contributed by atoms with van der Waals surface area (Å²) in [6.45, 7) is 2.01. The highest BCUT2D eigenvalue weighted by Crippen LogP contribution is 2.28. The van der Waals surface area contributed by atoms with E-state index in [0.717, 1.165) is 20.6 Å². The number of nitrogens with zero attached hydrogens (tertiary/aromatic N) is 1. The molecule has 5 heteroatoms. The molecule has 0 saturated carbocycles. The quantitative estimate of drug-likeness (QED) is 0.794. The minimum absolute atomic E-state index is 0.356. The van der Waals surface area contributed by atoms with Gasteiger partial charge in [0.25, 0.3) is 0 Å². The summed E-state index contributed by atoms with van der Waals surface area (Å²) in [6.07, 6.45) is 0. The summed E-state index contributed by atoms with van der Waals surface area (Å²) in [6, 6.07) is 5.97. The number of methoxy groups -OCH3 is 1. The minimum atomic E-state index is -0.401. The van der Waals surface area contributed by atoms with Crippen LogP contribution in [0.15, 0.2) is 28.1 Å². The molecule has 0 unspecified atom stereocenters. The van der Waals surface area contributed by atoms with Crippen molar-refractivity contribution in [3.63, 3.8) is 0 Å². The number of thiazole rings is 1. The van der Waals surface area contributed by atoms with Crippen LogP contribution in [-0.2, 0) is 4.74 Å². The van der Waals surface area contributed by atoms with E-state index in [4.69, 9.17) is 0 Å². The van der Waals surface area contributed by atoms with Crippen molar-refractivity contribution in [2.24, 2.45) is 0 Å². The highest BCUT2D eigenvalue weighted by molar-refractivity contribution is 9.10. The summed E-state index contributed by atoms with van der Waals surface area (Å²) in [5.74, 6) is -0.401. The van der Waals surface area contributed by atoms with Crippen LogP contribution in [0.25, 0.3) is 10.6 Å². The lowest BCUT2D eigenvalue weighted by Gasteiger charge is -2.02. The van der Waals surface area contributed by atoms with Crippen LogP contribution >= 0.6 is 27.3 Å². The molecule has 0 aliphatic rings. The van der Waals surface area contributed by atoms with E-state index in [9.17, 15) is 4.79 Å². The highest BCUT2D eigenvalue weighted by Gasteiger charge is 2.13. The van der Waals surface area contributed by atoms with Gasteiger partial charge in [-0.05, 0) is 24.6 Å². The Hall–Kier alpha value is -1.20. The van der Waals surface area contributed by atoms with Crippen LogP contribution < -0.4 is 0 Å². The van der Waals surface area contributed by atoms with E-state index < -0.39 is 5.97 Å². The molecule has 0 N–H and O–H groups in total. The van der Waals surface area contributed by atoms with Crippen LogP contribution in [-0.4, -0.2) is 18.1 Å². The van der Waals surface area contributed by atoms with Gasteiger partial charge in [-0.2, -0.15) is 0 Å². The van der Waals surface area contributed by atoms with Gasteiger partial charge in [-0.1, -0.05) is 22.0 Å². The van der Waals surface area contributed by atoms with E-state index in [-0.39, 0.29) is 0 Å². The van der Waals surface area contributed by atoms with Crippen LogP contribution in [0.1, 0.15) is 16.1 Å². The van der Waals surface area contributed by atoms with Gasteiger partial charge >= 0.3 is 5.97 Å². The van der Waals surface area contributed by atoms with E-state index in [1.807, 2.05) is 25.1 Å². The molecular weight excluding hydrogens is 302 g/mol. The number of carbonyl (C=O) groups is 1. The summed E-state index contributed by atoms with van der Waals surface area (Å²) in [7, 11) is 1.35. The molecule has 0 amide bonds. The molecule has 1 aromatic heterocycles. The fourth-order valence-electron chi connectivity index (χ4n) is 1.46. The maximum atomic E-state index is 11.3. The molecule has 0 spiro atoms. The van der Waals surface area contributed by atoms with Gasteiger partial charge in [0, 0.05) is 15.4 Å². The molecule has 2 aromatic rings. The third-order valence-electron chi connectivity index (χ3n) is 2.32. The molecule has 0 saturated heterocycles. The first-order chi connectivity index (χ1) is 8.11. The predicted octanol–water partition coefficient (Wildman–Crippen LogP) is 3.67. The molecule has 0 aliphatic carbocycles. The zero-order chi connectivity index (χ0) is 12.4. The van der Waals surface area contributed by atoms with Gasteiger partial charge in [0.15, 0.2) is 5.69 Å². The van der Waals surface area contributed by atoms with Crippen LogP contribution in [0.2, 0.25) is 0 Å². The maximum Gasteiger partial charge on any atom is 0.357 e. The van der Waals surface area contributed by atoms with Gasteiger partial charge in [0.1, 0.15) is 5.01 Å². The molecule has 0 radical (unpaired) electrons. The third-order valence-corrected chi connectivity index (χ3v) is 3.69. The fraction of sp³-hybridized carbons (Fsp3) is 0.167. The molecule has 0 bridgehead atoms. The Morgan fingerprint density at radius 2 is 2.24 bits per heavy atom. The lowest BCUT2D eigenvalue weighted by Crippen LogP contribution is -2.01. The Labute approximate surface area is 112 Å². The molecular formula is C12H10BrNO2S. The van der Waals surface area contributed by atoms with Gasteiger partial charge in [0.05, 0.1) is 7.11 Å². The van der Waals surface area contributed by atoms with Gasteiger partial charge in [-0.25, -0.2) is 9.78 Å². The number of aromatic nitrogens is 1.